The van der Waals surface area contributed by atoms with E-state index in [4.69, 9.17) is 4.74 Å². The predicted octanol–water partition coefficient (Wildman–Crippen LogP) is 1.70. The van der Waals surface area contributed by atoms with Gasteiger partial charge >= 0.3 is 0 Å². The molecule has 1 aromatic carbocycles. The Balaban J connectivity index is 2.08. The van der Waals surface area contributed by atoms with E-state index in [0.717, 1.165) is 50.4 Å². The van der Waals surface area contributed by atoms with Gasteiger partial charge in [0.1, 0.15) is 5.82 Å². The Morgan fingerprint density at radius 1 is 1.24 bits per heavy atom. The third kappa shape index (κ3) is 4.66. The summed E-state index contributed by atoms with van der Waals surface area (Å²) >= 11 is 0. The molecule has 1 heterocycles. The Labute approximate surface area is 126 Å². The van der Waals surface area contributed by atoms with Gasteiger partial charge in [0, 0.05) is 51.1 Å². The minimum atomic E-state index is -0.130. The molecule has 5 heteroatoms. The maximum Gasteiger partial charge on any atom is 0.129 e. The van der Waals surface area contributed by atoms with E-state index in [1.807, 2.05) is 6.07 Å². The summed E-state index contributed by atoms with van der Waals surface area (Å²) in [6.45, 7) is 5.97. The highest BCUT2D eigenvalue weighted by atomic mass is 19.1. The van der Waals surface area contributed by atoms with Crippen LogP contribution < -0.4 is 10.2 Å². The van der Waals surface area contributed by atoms with Gasteiger partial charge < -0.3 is 19.9 Å². The summed E-state index contributed by atoms with van der Waals surface area (Å²) in [6.07, 6.45) is 1.11. The second kappa shape index (κ2) is 8.32. The second-order valence-corrected chi connectivity index (χ2v) is 5.55. The Kier molecular flexibility index (Phi) is 6.42. The summed E-state index contributed by atoms with van der Waals surface area (Å²) < 4.78 is 19.2. The molecule has 21 heavy (non-hydrogen) atoms. The lowest BCUT2D eigenvalue weighted by atomic mass is 10.1. The molecule has 0 atom stereocenters. The molecule has 1 aliphatic heterocycles. The highest BCUT2D eigenvalue weighted by Crippen LogP contribution is 2.24. The fourth-order valence-electron chi connectivity index (χ4n) is 2.69. The molecule has 1 aliphatic rings. The highest BCUT2D eigenvalue weighted by molar-refractivity contribution is 5.54. The normalized spacial score (nSPS) is 17.0. The van der Waals surface area contributed by atoms with Crippen molar-refractivity contribution in [3.05, 3.63) is 29.6 Å². The van der Waals surface area contributed by atoms with E-state index in [-0.39, 0.29) is 5.82 Å². The van der Waals surface area contributed by atoms with Crippen molar-refractivity contribution in [1.82, 2.24) is 10.2 Å². The number of rotatable bonds is 6. The number of benzene rings is 1. The van der Waals surface area contributed by atoms with Crippen LogP contribution >= 0.6 is 0 Å². The zero-order valence-electron chi connectivity index (χ0n) is 13.1. The third-order valence-corrected chi connectivity index (χ3v) is 3.94. The molecule has 0 saturated carbocycles. The van der Waals surface area contributed by atoms with Gasteiger partial charge in [-0.15, -0.1) is 0 Å². The predicted molar refractivity (Wildman–Crippen MR) is 84.3 cm³/mol. The van der Waals surface area contributed by atoms with Crippen LogP contribution in [0.25, 0.3) is 0 Å². The molecule has 0 bridgehead atoms. The van der Waals surface area contributed by atoms with Crippen molar-refractivity contribution >= 4 is 5.69 Å². The fourth-order valence-corrected chi connectivity index (χ4v) is 2.69. The zero-order chi connectivity index (χ0) is 15.1. The van der Waals surface area contributed by atoms with Crippen molar-refractivity contribution in [2.75, 3.05) is 58.4 Å². The third-order valence-electron chi connectivity index (χ3n) is 3.94. The van der Waals surface area contributed by atoms with Gasteiger partial charge in [-0.3, -0.25) is 0 Å². The Bertz CT molecular complexity index is 442. The van der Waals surface area contributed by atoms with Crippen molar-refractivity contribution in [3.8, 4) is 0 Å². The van der Waals surface area contributed by atoms with Gasteiger partial charge in [0.25, 0.3) is 0 Å². The lowest BCUT2D eigenvalue weighted by Crippen LogP contribution is -2.30. The van der Waals surface area contributed by atoms with Gasteiger partial charge in [-0.1, -0.05) is 6.07 Å². The quantitative estimate of drug-likeness (QED) is 0.809. The molecular weight excluding hydrogens is 269 g/mol. The maximum absolute atomic E-state index is 14.2. The van der Waals surface area contributed by atoms with E-state index >= 15 is 0 Å². The van der Waals surface area contributed by atoms with Gasteiger partial charge in [-0.25, -0.2) is 4.39 Å². The molecule has 0 radical (unpaired) electrons. The van der Waals surface area contributed by atoms with Crippen LogP contribution in [0, 0.1) is 5.82 Å². The average Bonchev–Trinajstić information content (AvgIpc) is 2.69. The van der Waals surface area contributed by atoms with Crippen molar-refractivity contribution in [1.29, 1.82) is 0 Å². The molecule has 4 nitrogen and oxygen atoms in total. The van der Waals surface area contributed by atoms with Crippen LogP contribution in [0.3, 0.4) is 0 Å². The molecule has 1 N–H and O–H groups in total. The summed E-state index contributed by atoms with van der Waals surface area (Å²) in [6, 6.07) is 5.38. The first-order valence-corrected chi connectivity index (χ1v) is 7.63. The van der Waals surface area contributed by atoms with Crippen molar-refractivity contribution in [3.63, 3.8) is 0 Å². The summed E-state index contributed by atoms with van der Waals surface area (Å²) in [5, 5.41) is 3.25. The standard InChI is InChI=1S/C16H26FN3O/c1-19-8-4-9-20(11-10-19)16-6-3-5-15(17)14(16)13-18-7-12-21-2/h3,5-6,18H,4,7-13H2,1-2H3. The maximum atomic E-state index is 14.2. The second-order valence-electron chi connectivity index (χ2n) is 5.55. The molecule has 1 fully saturated rings. The Hall–Kier alpha value is -1.17. The van der Waals surface area contributed by atoms with Crippen LogP contribution in [-0.2, 0) is 11.3 Å². The highest BCUT2D eigenvalue weighted by Gasteiger charge is 2.17. The first-order valence-electron chi connectivity index (χ1n) is 7.63. The van der Waals surface area contributed by atoms with Gasteiger partial charge in [-0.05, 0) is 32.1 Å². The lowest BCUT2D eigenvalue weighted by Gasteiger charge is -2.26. The molecule has 0 amide bonds. The molecule has 1 saturated heterocycles. The molecule has 1 aromatic rings. The van der Waals surface area contributed by atoms with Crippen LogP contribution in [0.15, 0.2) is 18.2 Å². The summed E-state index contributed by atoms with van der Waals surface area (Å²) in [7, 11) is 3.81. The van der Waals surface area contributed by atoms with Crippen LogP contribution in [0.2, 0.25) is 0 Å². The molecule has 0 aliphatic carbocycles. The van der Waals surface area contributed by atoms with Gasteiger partial charge in [0.2, 0.25) is 0 Å². The zero-order valence-corrected chi connectivity index (χ0v) is 13.1. The summed E-state index contributed by atoms with van der Waals surface area (Å²) in [5.74, 6) is -0.130. The van der Waals surface area contributed by atoms with Crippen LogP contribution in [0.4, 0.5) is 10.1 Å². The number of anilines is 1. The number of likely N-dealkylation sites (N-methyl/N-ethyl adjacent to an activating group) is 1. The molecule has 2 rings (SSSR count). The molecule has 0 spiro atoms. The van der Waals surface area contributed by atoms with E-state index in [2.05, 4.69) is 22.2 Å². The van der Waals surface area contributed by atoms with Gasteiger partial charge in [0.15, 0.2) is 0 Å². The van der Waals surface area contributed by atoms with Crippen LogP contribution in [-0.4, -0.2) is 58.4 Å². The van der Waals surface area contributed by atoms with E-state index in [1.54, 1.807) is 19.2 Å². The number of hydrogen-bond acceptors (Lipinski definition) is 4. The average molecular weight is 295 g/mol. The first-order chi connectivity index (χ1) is 10.2. The van der Waals surface area contributed by atoms with Crippen molar-refractivity contribution in [2.45, 2.75) is 13.0 Å². The molecular formula is C16H26FN3O. The first kappa shape index (κ1) is 16.2. The minimum absolute atomic E-state index is 0.130. The van der Waals surface area contributed by atoms with E-state index in [1.165, 1.54) is 0 Å². The molecule has 0 aromatic heterocycles. The van der Waals surface area contributed by atoms with E-state index in [9.17, 15) is 4.39 Å². The SMILES string of the molecule is COCCNCc1c(F)cccc1N1CCCN(C)CC1. The number of hydrogen-bond donors (Lipinski definition) is 1. The largest absolute Gasteiger partial charge is 0.383 e. The van der Waals surface area contributed by atoms with Crippen molar-refractivity contribution in [2.24, 2.45) is 0 Å². The number of methoxy groups -OCH3 is 1. The summed E-state index contributed by atoms with van der Waals surface area (Å²) in [4.78, 5) is 4.63. The van der Waals surface area contributed by atoms with Crippen molar-refractivity contribution < 1.29 is 9.13 Å². The number of halogens is 1. The number of nitrogens with zero attached hydrogens (tertiary/aromatic N) is 2. The fraction of sp³-hybridized carbons (Fsp3) is 0.625. The molecule has 118 valence electrons. The van der Waals surface area contributed by atoms with E-state index in [0.29, 0.717) is 13.2 Å². The van der Waals surface area contributed by atoms with Gasteiger partial charge in [-0.2, -0.15) is 0 Å². The van der Waals surface area contributed by atoms with Crippen LogP contribution in [0.5, 0.6) is 0 Å². The summed E-state index contributed by atoms with van der Waals surface area (Å²) in [5.41, 5.74) is 1.79. The monoisotopic (exact) mass is 295 g/mol. The van der Waals surface area contributed by atoms with E-state index < -0.39 is 0 Å². The number of ether oxygens (including phenoxy) is 1. The van der Waals surface area contributed by atoms with Gasteiger partial charge in [0.05, 0.1) is 6.61 Å². The number of nitrogens with one attached hydrogen (secondary N) is 1. The van der Waals surface area contributed by atoms with Crippen LogP contribution in [0.1, 0.15) is 12.0 Å². The smallest absolute Gasteiger partial charge is 0.129 e. The Morgan fingerprint density at radius 2 is 2.10 bits per heavy atom. The topological polar surface area (TPSA) is 27.7 Å². The molecule has 0 unspecified atom stereocenters. The minimum Gasteiger partial charge on any atom is -0.383 e. The lowest BCUT2D eigenvalue weighted by molar-refractivity contribution is 0.199. The Morgan fingerprint density at radius 3 is 2.90 bits per heavy atom.